The number of pyridine rings is 1. The van der Waals surface area contributed by atoms with Crippen molar-refractivity contribution in [1.29, 1.82) is 0 Å². The van der Waals surface area contributed by atoms with Gasteiger partial charge in [-0.1, -0.05) is 23.2 Å². The number of aryl methyl sites for hydroxylation is 1. The molecule has 1 aromatic heterocycles. The second-order valence-electron chi connectivity index (χ2n) is 7.18. The number of hydrogen-bond donors (Lipinski definition) is 1. The zero-order valence-electron chi connectivity index (χ0n) is 16.2. The Labute approximate surface area is 183 Å². The van der Waals surface area contributed by atoms with E-state index in [2.05, 4.69) is 9.98 Å². The van der Waals surface area contributed by atoms with Gasteiger partial charge in [0.2, 0.25) is 0 Å². The molecular weight excluding hydrogens is 433 g/mol. The van der Waals surface area contributed by atoms with Crippen LogP contribution in [0, 0.1) is 5.92 Å². The predicted molar refractivity (Wildman–Crippen MR) is 114 cm³/mol. The minimum Gasteiger partial charge on any atom is -0.478 e. The molecule has 1 aliphatic heterocycles. The summed E-state index contributed by atoms with van der Waals surface area (Å²) in [5.41, 5.74) is 2.32. The monoisotopic (exact) mass is 452 g/mol. The highest BCUT2D eigenvalue weighted by molar-refractivity contribution is 6.33. The van der Waals surface area contributed by atoms with Crippen LogP contribution in [0.15, 0.2) is 52.9 Å². The van der Waals surface area contributed by atoms with Crippen LogP contribution >= 0.6 is 23.2 Å². The molecule has 0 fully saturated rings. The summed E-state index contributed by atoms with van der Waals surface area (Å²) < 4.78 is 26.4. The summed E-state index contributed by atoms with van der Waals surface area (Å²) in [6, 6.07) is 6.60. The van der Waals surface area contributed by atoms with Crippen LogP contribution in [0.3, 0.4) is 0 Å². The van der Waals surface area contributed by atoms with E-state index in [4.69, 9.17) is 23.2 Å². The fourth-order valence-corrected chi connectivity index (χ4v) is 4.01. The lowest BCUT2D eigenvalue weighted by atomic mass is 9.87. The summed E-state index contributed by atoms with van der Waals surface area (Å²) in [5, 5.41) is 10.7. The molecule has 0 saturated carbocycles. The molecule has 0 bridgehead atoms. The number of nitrogens with zero attached hydrogens (tertiary/aromatic N) is 2. The third-order valence-electron chi connectivity index (χ3n) is 5.19. The molecule has 30 heavy (non-hydrogen) atoms. The van der Waals surface area contributed by atoms with Crippen LogP contribution in [0.5, 0.6) is 0 Å². The molecule has 0 amide bonds. The average Bonchev–Trinajstić information content (AvgIpc) is 2.87. The first kappa shape index (κ1) is 22.4. The zero-order valence-corrected chi connectivity index (χ0v) is 17.7. The number of aliphatic imine (C=N–C) groups is 1. The van der Waals surface area contributed by atoms with Crippen molar-refractivity contribution in [2.75, 3.05) is 0 Å². The third-order valence-corrected chi connectivity index (χ3v) is 5.79. The largest absolute Gasteiger partial charge is 0.478 e. The maximum absolute atomic E-state index is 13.2. The van der Waals surface area contributed by atoms with Gasteiger partial charge >= 0.3 is 5.97 Å². The van der Waals surface area contributed by atoms with Crippen molar-refractivity contribution in [3.05, 3.63) is 74.7 Å². The molecule has 1 aromatic carbocycles. The first-order valence-corrected chi connectivity index (χ1v) is 10.2. The van der Waals surface area contributed by atoms with Crippen LogP contribution in [0.1, 0.15) is 49.3 Å². The van der Waals surface area contributed by atoms with Gasteiger partial charge in [0.25, 0.3) is 6.43 Å². The van der Waals surface area contributed by atoms with Gasteiger partial charge in [0.15, 0.2) is 0 Å². The van der Waals surface area contributed by atoms with Crippen molar-refractivity contribution in [2.24, 2.45) is 10.9 Å². The number of alkyl halides is 2. The lowest BCUT2D eigenvalue weighted by molar-refractivity contribution is -0.132. The molecule has 8 heteroatoms. The van der Waals surface area contributed by atoms with Gasteiger partial charge in [0.1, 0.15) is 0 Å². The molecule has 1 atom stereocenters. The smallest absolute Gasteiger partial charge is 0.333 e. The Morgan fingerprint density at radius 3 is 2.73 bits per heavy atom. The summed E-state index contributed by atoms with van der Waals surface area (Å²) in [4.78, 5) is 20.1. The van der Waals surface area contributed by atoms with Crippen molar-refractivity contribution in [3.63, 3.8) is 0 Å². The standard InChI is InChI=1S/C22H20Cl2F2N2O2/c1-12-18(22(29)30)6-4-13(2-3-14-9-17(23)5-7-19(14)24)20(28-12)15-8-16(21(25)26)11-27-10-15/h5,7-11,13,21H,2-4,6H2,1H3,(H,29,30). The highest BCUT2D eigenvalue weighted by Crippen LogP contribution is 2.31. The summed E-state index contributed by atoms with van der Waals surface area (Å²) in [5.74, 6) is -1.17. The Morgan fingerprint density at radius 2 is 2.03 bits per heavy atom. The molecule has 4 nitrogen and oxygen atoms in total. The fourth-order valence-electron chi connectivity index (χ4n) is 3.60. The lowest BCUT2D eigenvalue weighted by Crippen LogP contribution is -2.17. The molecule has 0 aliphatic carbocycles. The Bertz CT molecular complexity index is 1020. The van der Waals surface area contributed by atoms with E-state index in [1.165, 1.54) is 12.3 Å². The lowest BCUT2D eigenvalue weighted by Gasteiger charge is -2.19. The van der Waals surface area contributed by atoms with Crippen LogP contribution in [0.2, 0.25) is 10.0 Å². The Hall–Kier alpha value is -2.31. The number of rotatable bonds is 6. The van der Waals surface area contributed by atoms with Gasteiger partial charge in [-0.25, -0.2) is 13.6 Å². The average molecular weight is 453 g/mol. The normalized spacial score (nSPS) is 17.1. The third kappa shape index (κ3) is 5.24. The molecule has 1 aliphatic rings. The van der Waals surface area contributed by atoms with Crippen molar-refractivity contribution in [3.8, 4) is 0 Å². The van der Waals surface area contributed by atoms with E-state index in [1.54, 1.807) is 25.1 Å². The molecule has 158 valence electrons. The SMILES string of the molecule is CC1=C(C(=O)O)CCC(CCc2cc(Cl)ccc2Cl)C(c2cncc(C(F)F)c2)=N1. The molecule has 0 radical (unpaired) electrons. The quantitative estimate of drug-likeness (QED) is 0.542. The van der Waals surface area contributed by atoms with E-state index in [9.17, 15) is 18.7 Å². The van der Waals surface area contributed by atoms with E-state index in [0.717, 1.165) is 11.8 Å². The number of carbonyl (C=O) groups is 1. The molecule has 1 N–H and O–H groups in total. The van der Waals surface area contributed by atoms with Crippen molar-refractivity contribution < 1.29 is 18.7 Å². The Morgan fingerprint density at radius 1 is 1.27 bits per heavy atom. The number of halogens is 4. The Balaban J connectivity index is 1.96. The van der Waals surface area contributed by atoms with Gasteiger partial charge in [-0.15, -0.1) is 0 Å². The van der Waals surface area contributed by atoms with Crippen LogP contribution < -0.4 is 0 Å². The number of allylic oxidation sites excluding steroid dienone is 1. The first-order chi connectivity index (χ1) is 14.3. The molecule has 0 spiro atoms. The van der Waals surface area contributed by atoms with Gasteiger partial charge in [0.05, 0.1) is 11.3 Å². The van der Waals surface area contributed by atoms with E-state index in [-0.39, 0.29) is 17.1 Å². The maximum Gasteiger partial charge on any atom is 0.333 e. The number of hydrogen-bond acceptors (Lipinski definition) is 3. The maximum atomic E-state index is 13.2. The van der Waals surface area contributed by atoms with E-state index < -0.39 is 12.4 Å². The van der Waals surface area contributed by atoms with Gasteiger partial charge in [0, 0.05) is 45.2 Å². The molecular formula is C22H20Cl2F2N2O2. The minimum atomic E-state index is -2.65. The zero-order chi connectivity index (χ0) is 21.8. The summed E-state index contributed by atoms with van der Waals surface area (Å²) in [7, 11) is 0. The predicted octanol–water partition coefficient (Wildman–Crippen LogP) is 6.52. The second-order valence-corrected chi connectivity index (χ2v) is 8.03. The number of carboxylic acids is 1. The van der Waals surface area contributed by atoms with Gasteiger partial charge in [-0.2, -0.15) is 0 Å². The number of benzene rings is 1. The van der Waals surface area contributed by atoms with Crippen LogP contribution in [0.4, 0.5) is 8.78 Å². The molecule has 0 saturated heterocycles. The van der Waals surface area contributed by atoms with E-state index >= 15 is 0 Å². The van der Waals surface area contributed by atoms with Crippen molar-refractivity contribution in [2.45, 2.75) is 39.0 Å². The van der Waals surface area contributed by atoms with Crippen LogP contribution in [-0.2, 0) is 11.2 Å². The summed E-state index contributed by atoms with van der Waals surface area (Å²) in [6.07, 6.45) is 2.02. The summed E-state index contributed by atoms with van der Waals surface area (Å²) >= 11 is 12.4. The molecule has 1 unspecified atom stereocenters. The van der Waals surface area contributed by atoms with Gasteiger partial charge < -0.3 is 5.11 Å². The topological polar surface area (TPSA) is 62.5 Å². The number of carboxylic acid groups (broad SMARTS) is 1. The van der Waals surface area contributed by atoms with E-state index in [0.29, 0.717) is 52.7 Å². The van der Waals surface area contributed by atoms with E-state index in [1.807, 2.05) is 0 Å². The number of aromatic nitrogens is 1. The van der Waals surface area contributed by atoms with Crippen LogP contribution in [0.25, 0.3) is 0 Å². The molecule has 3 rings (SSSR count). The highest BCUT2D eigenvalue weighted by Gasteiger charge is 2.26. The van der Waals surface area contributed by atoms with Crippen LogP contribution in [-0.4, -0.2) is 21.8 Å². The van der Waals surface area contributed by atoms with Gasteiger partial charge in [-0.3, -0.25) is 9.98 Å². The Kier molecular flexibility index (Phi) is 7.21. The van der Waals surface area contributed by atoms with Crippen molar-refractivity contribution >= 4 is 34.9 Å². The van der Waals surface area contributed by atoms with Crippen molar-refractivity contribution in [1.82, 2.24) is 4.98 Å². The minimum absolute atomic E-state index is 0.151. The first-order valence-electron chi connectivity index (χ1n) is 9.45. The second kappa shape index (κ2) is 9.67. The molecule has 2 aromatic rings. The summed E-state index contributed by atoms with van der Waals surface area (Å²) in [6.45, 7) is 1.63. The number of aliphatic carboxylic acids is 1. The fraction of sp³-hybridized carbons (Fsp3) is 0.318. The van der Waals surface area contributed by atoms with Gasteiger partial charge in [-0.05, 0) is 62.4 Å². The highest BCUT2D eigenvalue weighted by atomic mass is 35.5. The molecule has 2 heterocycles.